The number of aromatic amines is 1. The summed E-state index contributed by atoms with van der Waals surface area (Å²) in [6, 6.07) is 18.9. The summed E-state index contributed by atoms with van der Waals surface area (Å²) in [7, 11) is 0. The molecular formula is C24H24ClN5. The average Bonchev–Trinajstić information content (AvgIpc) is 3.39. The number of hydrogen-bond acceptors (Lipinski definition) is 4. The number of nitrogens with two attached hydrogens (primary N) is 1. The van der Waals surface area contributed by atoms with Gasteiger partial charge in [-0.3, -0.25) is 0 Å². The fraction of sp³-hybridized carbons (Fsp3) is 0.292. The zero-order valence-electron chi connectivity index (χ0n) is 16.7. The lowest BCUT2D eigenvalue weighted by Gasteiger charge is -2.20. The van der Waals surface area contributed by atoms with Gasteiger partial charge in [-0.1, -0.05) is 60.5 Å². The molecule has 2 aromatic heterocycles. The summed E-state index contributed by atoms with van der Waals surface area (Å²) in [6.45, 7) is 0. The fourth-order valence-electron chi connectivity index (χ4n) is 4.90. The van der Waals surface area contributed by atoms with Crippen molar-refractivity contribution in [3.8, 4) is 0 Å². The maximum absolute atomic E-state index is 6.41. The molecule has 1 aliphatic rings. The van der Waals surface area contributed by atoms with Gasteiger partial charge in [-0.25, -0.2) is 4.98 Å². The minimum Gasteiger partial charge on any atom is -0.384 e. The Hall–Kier alpha value is -2.92. The predicted octanol–water partition coefficient (Wildman–Crippen LogP) is 5.62. The highest BCUT2D eigenvalue weighted by Crippen LogP contribution is 2.41. The molecule has 0 amide bonds. The molecule has 30 heavy (non-hydrogen) atoms. The van der Waals surface area contributed by atoms with Crippen molar-refractivity contribution in [3.63, 3.8) is 0 Å². The number of rotatable bonds is 6. The average molecular weight is 418 g/mol. The molecule has 2 aromatic carbocycles. The number of benzene rings is 2. The topological polar surface area (TPSA) is 80.5 Å². The van der Waals surface area contributed by atoms with Crippen LogP contribution < -0.4 is 5.73 Å². The summed E-state index contributed by atoms with van der Waals surface area (Å²) < 4.78 is 0. The largest absolute Gasteiger partial charge is 0.384 e. The van der Waals surface area contributed by atoms with Crippen molar-refractivity contribution in [2.45, 2.75) is 43.9 Å². The summed E-state index contributed by atoms with van der Waals surface area (Å²) in [5, 5.41) is 12.1. The lowest BCUT2D eigenvalue weighted by Crippen LogP contribution is -2.06. The van der Waals surface area contributed by atoms with Crippen LogP contribution in [-0.4, -0.2) is 20.4 Å². The van der Waals surface area contributed by atoms with Crippen molar-refractivity contribution in [2.24, 2.45) is 0 Å². The number of fused-ring (bicyclic) bond motifs is 2. The van der Waals surface area contributed by atoms with Crippen LogP contribution in [0.25, 0.3) is 11.2 Å². The molecule has 3 N–H and O–H groups in total. The smallest absolute Gasteiger partial charge is 0.203 e. The van der Waals surface area contributed by atoms with E-state index in [9.17, 15) is 0 Å². The molecule has 0 spiro atoms. The van der Waals surface area contributed by atoms with Gasteiger partial charge in [-0.15, -0.1) is 5.10 Å². The summed E-state index contributed by atoms with van der Waals surface area (Å²) >= 11 is 6.41. The molecule has 2 heterocycles. The van der Waals surface area contributed by atoms with Crippen molar-refractivity contribution in [3.05, 3.63) is 81.9 Å². The van der Waals surface area contributed by atoms with Crippen LogP contribution in [0, 0.1) is 0 Å². The van der Waals surface area contributed by atoms with Gasteiger partial charge in [-0.2, -0.15) is 10.3 Å². The second-order valence-corrected chi connectivity index (χ2v) is 8.48. The van der Waals surface area contributed by atoms with Crippen LogP contribution in [0.1, 0.15) is 59.8 Å². The number of halogens is 1. The number of anilines is 1. The van der Waals surface area contributed by atoms with E-state index in [1.807, 2.05) is 18.2 Å². The van der Waals surface area contributed by atoms with E-state index in [1.165, 1.54) is 23.1 Å². The number of nitrogens with zero attached hydrogens (tertiary/aromatic N) is 3. The van der Waals surface area contributed by atoms with Crippen LogP contribution in [0.3, 0.4) is 0 Å². The molecule has 6 heteroatoms. The molecule has 0 fully saturated rings. The van der Waals surface area contributed by atoms with Gasteiger partial charge in [0.2, 0.25) is 5.65 Å². The summed E-state index contributed by atoms with van der Waals surface area (Å²) in [4.78, 5) is 4.31. The maximum atomic E-state index is 6.41. The summed E-state index contributed by atoms with van der Waals surface area (Å²) in [5.74, 6) is 1.26. The molecule has 152 valence electrons. The van der Waals surface area contributed by atoms with Gasteiger partial charge in [0.1, 0.15) is 11.3 Å². The zero-order valence-corrected chi connectivity index (χ0v) is 17.4. The molecule has 4 aromatic rings. The Balaban J connectivity index is 1.41. The minimum absolute atomic E-state index is 0.198. The Kier molecular flexibility index (Phi) is 5.13. The number of pyridine rings is 1. The molecule has 1 aliphatic carbocycles. The Bertz CT molecular complexity index is 1170. The van der Waals surface area contributed by atoms with E-state index >= 15 is 0 Å². The van der Waals surface area contributed by atoms with Crippen molar-refractivity contribution in [1.82, 2.24) is 20.4 Å². The molecule has 1 unspecified atom stereocenters. The molecule has 0 saturated heterocycles. The third kappa shape index (κ3) is 3.54. The number of aromatic nitrogens is 4. The molecule has 0 aliphatic heterocycles. The van der Waals surface area contributed by atoms with Crippen molar-refractivity contribution < 1.29 is 0 Å². The van der Waals surface area contributed by atoms with Crippen LogP contribution in [0.2, 0.25) is 5.02 Å². The molecule has 0 saturated carbocycles. The minimum atomic E-state index is 0.198. The first-order valence-electron chi connectivity index (χ1n) is 10.5. The maximum Gasteiger partial charge on any atom is 0.203 e. The highest BCUT2D eigenvalue weighted by atomic mass is 35.5. The van der Waals surface area contributed by atoms with Gasteiger partial charge in [0.25, 0.3) is 0 Å². The van der Waals surface area contributed by atoms with Crippen molar-refractivity contribution in [1.29, 1.82) is 0 Å². The quantitative estimate of drug-likeness (QED) is 0.426. The highest BCUT2D eigenvalue weighted by Gasteiger charge is 2.25. The molecule has 0 radical (unpaired) electrons. The molecule has 5 rings (SSSR count). The van der Waals surface area contributed by atoms with Crippen LogP contribution >= 0.6 is 11.6 Å². The Morgan fingerprint density at radius 1 is 1.10 bits per heavy atom. The van der Waals surface area contributed by atoms with Gasteiger partial charge in [0.15, 0.2) is 0 Å². The second kappa shape index (κ2) is 8.07. The van der Waals surface area contributed by atoms with Gasteiger partial charge < -0.3 is 5.73 Å². The lowest BCUT2D eigenvalue weighted by atomic mass is 9.85. The second-order valence-electron chi connectivity index (χ2n) is 8.07. The summed E-state index contributed by atoms with van der Waals surface area (Å²) in [6.07, 6.45) is 5.55. The Morgan fingerprint density at radius 3 is 2.83 bits per heavy atom. The van der Waals surface area contributed by atoms with Crippen LogP contribution in [0.15, 0.2) is 54.6 Å². The van der Waals surface area contributed by atoms with Gasteiger partial charge in [0.05, 0.1) is 0 Å². The number of H-pyrrole nitrogens is 1. The van der Waals surface area contributed by atoms with Crippen LogP contribution in [-0.2, 0) is 6.42 Å². The predicted molar refractivity (Wildman–Crippen MR) is 121 cm³/mol. The van der Waals surface area contributed by atoms with Crippen LogP contribution in [0.4, 0.5) is 5.82 Å². The van der Waals surface area contributed by atoms with Gasteiger partial charge >= 0.3 is 0 Å². The molecule has 2 atom stereocenters. The first-order valence-corrected chi connectivity index (χ1v) is 10.9. The standard InChI is InChI=1S/C24H24ClN5/c25-21-11-5-10-17-16(12-13-19(17)21)8-4-9-18(15-6-2-1-3-7-15)20-14-22(26)27-24-23(20)28-30-29-24/h1-3,5-7,10-11,14,16,18H,4,8-9,12-13H2,(H3,26,27,28,29,30)/t16-,18?/m0/s1. The lowest BCUT2D eigenvalue weighted by molar-refractivity contribution is 0.547. The number of nitrogens with one attached hydrogen (secondary N) is 1. The van der Waals surface area contributed by atoms with Gasteiger partial charge in [0, 0.05) is 10.9 Å². The SMILES string of the molecule is Nc1cc(C(CCC[C@H]2CCc3c(Cl)cccc32)c2ccccc2)c2n[nH]nc2n1. The Morgan fingerprint density at radius 2 is 1.97 bits per heavy atom. The number of hydrogen-bond donors (Lipinski definition) is 2. The monoisotopic (exact) mass is 417 g/mol. The Labute approximate surface area is 180 Å². The first kappa shape index (κ1) is 19.1. The van der Waals surface area contributed by atoms with E-state index < -0.39 is 0 Å². The molecule has 0 bridgehead atoms. The summed E-state index contributed by atoms with van der Waals surface area (Å²) in [5.41, 5.74) is 12.6. The molecule has 5 nitrogen and oxygen atoms in total. The van der Waals surface area contributed by atoms with E-state index in [4.69, 9.17) is 17.3 Å². The third-order valence-electron chi connectivity index (χ3n) is 6.30. The fourth-order valence-corrected chi connectivity index (χ4v) is 5.17. The van der Waals surface area contributed by atoms with E-state index in [0.29, 0.717) is 17.4 Å². The normalized spacial score (nSPS) is 16.6. The zero-order chi connectivity index (χ0) is 20.5. The van der Waals surface area contributed by atoms with E-state index in [2.05, 4.69) is 56.8 Å². The first-order chi connectivity index (χ1) is 14.7. The third-order valence-corrected chi connectivity index (χ3v) is 6.66. The van der Waals surface area contributed by atoms with E-state index in [-0.39, 0.29) is 5.92 Å². The van der Waals surface area contributed by atoms with E-state index in [1.54, 1.807) is 0 Å². The van der Waals surface area contributed by atoms with Crippen LogP contribution in [0.5, 0.6) is 0 Å². The number of nitrogen functional groups attached to an aromatic ring is 1. The van der Waals surface area contributed by atoms with Gasteiger partial charge in [-0.05, 0) is 66.0 Å². The molecular weight excluding hydrogens is 394 g/mol. The van der Waals surface area contributed by atoms with Crippen molar-refractivity contribution >= 4 is 28.6 Å². The van der Waals surface area contributed by atoms with Crippen molar-refractivity contribution in [2.75, 3.05) is 5.73 Å². The highest BCUT2D eigenvalue weighted by molar-refractivity contribution is 6.31. The van der Waals surface area contributed by atoms with E-state index in [0.717, 1.165) is 41.8 Å².